The number of hydrogen-bond acceptors (Lipinski definition) is 0. The van der Waals surface area contributed by atoms with Gasteiger partial charge in [-0.15, -0.1) is 6.42 Å². The molecular weight excluding hydrogens is 168 g/mol. The van der Waals surface area contributed by atoms with Crippen molar-refractivity contribution in [1.82, 2.24) is 0 Å². The van der Waals surface area contributed by atoms with E-state index < -0.39 is 0 Å². The Bertz CT molecular complexity index is 304. The minimum Gasteiger partial charge on any atom is -0.115 e. The fourth-order valence-electron chi connectivity index (χ4n) is 1.62. The second kappa shape index (κ2) is 6.27. The quantitative estimate of drug-likeness (QED) is 0.485. The average molecular weight is 186 g/mol. The Morgan fingerprint density at radius 2 is 1.93 bits per heavy atom. The van der Waals surface area contributed by atoms with Gasteiger partial charge in [-0.25, -0.2) is 0 Å². The molecule has 0 aromatic heterocycles. The molecule has 74 valence electrons. The van der Waals surface area contributed by atoms with E-state index in [0.717, 1.165) is 12.0 Å². The van der Waals surface area contributed by atoms with E-state index in [1.54, 1.807) is 0 Å². The number of aryl methyl sites for hydroxylation is 1. The third kappa shape index (κ3) is 3.26. The Labute approximate surface area is 87.4 Å². The van der Waals surface area contributed by atoms with Crippen LogP contribution in [0.4, 0.5) is 0 Å². The van der Waals surface area contributed by atoms with Crippen molar-refractivity contribution in [3.05, 3.63) is 35.4 Å². The molecule has 1 aromatic rings. The van der Waals surface area contributed by atoms with Crippen LogP contribution in [0.5, 0.6) is 0 Å². The maximum Gasteiger partial charge on any atom is 0.0274 e. The molecule has 1 rings (SSSR count). The van der Waals surface area contributed by atoms with Crippen molar-refractivity contribution in [2.45, 2.75) is 39.0 Å². The first-order chi connectivity index (χ1) is 6.88. The summed E-state index contributed by atoms with van der Waals surface area (Å²) in [6.07, 6.45) is 11.7. The molecular formula is C14H18. The third-order valence-electron chi connectivity index (χ3n) is 2.47. The van der Waals surface area contributed by atoms with Crippen molar-refractivity contribution in [3.8, 4) is 12.3 Å². The lowest BCUT2D eigenvalue weighted by Gasteiger charge is -2.03. The van der Waals surface area contributed by atoms with Crippen LogP contribution in [-0.4, -0.2) is 0 Å². The van der Waals surface area contributed by atoms with E-state index in [4.69, 9.17) is 6.42 Å². The van der Waals surface area contributed by atoms with Gasteiger partial charge in [0.25, 0.3) is 0 Å². The monoisotopic (exact) mass is 186 g/mol. The van der Waals surface area contributed by atoms with Gasteiger partial charge in [-0.1, -0.05) is 50.3 Å². The first-order valence-corrected chi connectivity index (χ1v) is 5.43. The van der Waals surface area contributed by atoms with Gasteiger partial charge in [-0.05, 0) is 24.5 Å². The summed E-state index contributed by atoms with van der Waals surface area (Å²) < 4.78 is 0. The molecule has 0 spiro atoms. The summed E-state index contributed by atoms with van der Waals surface area (Å²) in [6.45, 7) is 2.23. The van der Waals surface area contributed by atoms with Gasteiger partial charge in [0.2, 0.25) is 0 Å². The van der Waals surface area contributed by atoms with Crippen molar-refractivity contribution in [1.29, 1.82) is 0 Å². The second-order valence-corrected chi connectivity index (χ2v) is 3.61. The Kier molecular flexibility index (Phi) is 4.86. The van der Waals surface area contributed by atoms with Crippen LogP contribution < -0.4 is 0 Å². The Morgan fingerprint density at radius 1 is 1.14 bits per heavy atom. The molecule has 0 heterocycles. The predicted octanol–water partition coefficient (Wildman–Crippen LogP) is 3.79. The SMILES string of the molecule is C#Cc1ccccc1CCCCCC. The van der Waals surface area contributed by atoms with Crippen molar-refractivity contribution < 1.29 is 0 Å². The highest BCUT2D eigenvalue weighted by Crippen LogP contribution is 2.12. The van der Waals surface area contributed by atoms with E-state index >= 15 is 0 Å². The molecule has 0 radical (unpaired) electrons. The summed E-state index contributed by atoms with van der Waals surface area (Å²) in [7, 11) is 0. The molecule has 0 saturated heterocycles. The minimum atomic E-state index is 1.06. The summed E-state index contributed by atoms with van der Waals surface area (Å²) in [6, 6.07) is 8.23. The van der Waals surface area contributed by atoms with E-state index in [2.05, 4.69) is 25.0 Å². The van der Waals surface area contributed by atoms with E-state index in [1.807, 2.05) is 12.1 Å². The first-order valence-electron chi connectivity index (χ1n) is 5.43. The number of terminal acetylenes is 1. The highest BCUT2D eigenvalue weighted by atomic mass is 14.0. The van der Waals surface area contributed by atoms with Gasteiger partial charge < -0.3 is 0 Å². The highest BCUT2D eigenvalue weighted by molar-refractivity contribution is 5.39. The minimum absolute atomic E-state index is 1.06. The van der Waals surface area contributed by atoms with Crippen LogP contribution in [0.1, 0.15) is 43.7 Å². The van der Waals surface area contributed by atoms with Gasteiger partial charge >= 0.3 is 0 Å². The van der Waals surface area contributed by atoms with E-state index in [-0.39, 0.29) is 0 Å². The van der Waals surface area contributed by atoms with Gasteiger partial charge in [-0.3, -0.25) is 0 Å². The third-order valence-corrected chi connectivity index (χ3v) is 2.47. The summed E-state index contributed by atoms with van der Waals surface area (Å²) in [4.78, 5) is 0. The molecule has 0 nitrogen and oxygen atoms in total. The number of benzene rings is 1. The summed E-state index contributed by atoms with van der Waals surface area (Å²) in [5.74, 6) is 2.74. The highest BCUT2D eigenvalue weighted by Gasteiger charge is 1.97. The maximum absolute atomic E-state index is 5.43. The molecule has 1 aromatic carbocycles. The molecule has 0 amide bonds. The van der Waals surface area contributed by atoms with Crippen molar-refractivity contribution >= 4 is 0 Å². The number of hydrogen-bond donors (Lipinski definition) is 0. The molecule has 0 bridgehead atoms. The lowest BCUT2D eigenvalue weighted by Crippen LogP contribution is -1.90. The Morgan fingerprint density at radius 3 is 2.64 bits per heavy atom. The standard InChI is InChI=1S/C14H18/c1-3-5-6-7-11-14-12-9-8-10-13(14)4-2/h2,8-10,12H,3,5-7,11H2,1H3. The van der Waals surface area contributed by atoms with Crippen molar-refractivity contribution in [2.75, 3.05) is 0 Å². The van der Waals surface area contributed by atoms with E-state index in [0.29, 0.717) is 0 Å². The van der Waals surface area contributed by atoms with Crippen LogP contribution in [0, 0.1) is 12.3 Å². The van der Waals surface area contributed by atoms with Crippen molar-refractivity contribution in [3.63, 3.8) is 0 Å². The Hall–Kier alpha value is -1.22. The molecule has 0 aliphatic rings. The smallest absolute Gasteiger partial charge is 0.0274 e. The zero-order chi connectivity index (χ0) is 10.2. The lowest BCUT2D eigenvalue weighted by molar-refractivity contribution is 0.666. The van der Waals surface area contributed by atoms with Crippen LogP contribution in [-0.2, 0) is 6.42 Å². The molecule has 0 N–H and O–H groups in total. The van der Waals surface area contributed by atoms with Gasteiger partial charge in [0.15, 0.2) is 0 Å². The fourth-order valence-corrected chi connectivity index (χ4v) is 1.62. The van der Waals surface area contributed by atoms with Crippen molar-refractivity contribution in [2.24, 2.45) is 0 Å². The summed E-state index contributed by atoms with van der Waals surface area (Å²) in [5.41, 5.74) is 2.38. The second-order valence-electron chi connectivity index (χ2n) is 3.61. The largest absolute Gasteiger partial charge is 0.115 e. The van der Waals surface area contributed by atoms with Gasteiger partial charge in [0, 0.05) is 5.56 Å². The van der Waals surface area contributed by atoms with Gasteiger partial charge in [0.1, 0.15) is 0 Å². The summed E-state index contributed by atoms with van der Waals surface area (Å²) >= 11 is 0. The topological polar surface area (TPSA) is 0 Å². The lowest BCUT2D eigenvalue weighted by atomic mass is 10.0. The van der Waals surface area contributed by atoms with Crippen LogP contribution in [0.15, 0.2) is 24.3 Å². The fraction of sp³-hybridized carbons (Fsp3) is 0.429. The van der Waals surface area contributed by atoms with Crippen LogP contribution in [0.2, 0.25) is 0 Å². The molecule has 0 heteroatoms. The molecule has 0 aliphatic carbocycles. The molecule has 0 unspecified atom stereocenters. The zero-order valence-corrected chi connectivity index (χ0v) is 8.92. The van der Waals surface area contributed by atoms with E-state index in [1.165, 1.54) is 31.2 Å². The first kappa shape index (κ1) is 10.9. The maximum atomic E-state index is 5.43. The molecule has 0 fully saturated rings. The zero-order valence-electron chi connectivity index (χ0n) is 8.92. The normalized spacial score (nSPS) is 9.71. The summed E-state index contributed by atoms with van der Waals surface area (Å²) in [5, 5.41) is 0. The number of rotatable bonds is 5. The molecule has 0 atom stereocenters. The number of unbranched alkanes of at least 4 members (excludes halogenated alkanes) is 3. The predicted molar refractivity (Wildman–Crippen MR) is 62.2 cm³/mol. The van der Waals surface area contributed by atoms with Gasteiger partial charge in [0.05, 0.1) is 0 Å². The van der Waals surface area contributed by atoms with Gasteiger partial charge in [-0.2, -0.15) is 0 Å². The van der Waals surface area contributed by atoms with E-state index in [9.17, 15) is 0 Å². The Balaban J connectivity index is 2.46. The molecule has 0 saturated carbocycles. The van der Waals surface area contributed by atoms with Crippen LogP contribution in [0.3, 0.4) is 0 Å². The van der Waals surface area contributed by atoms with Crippen LogP contribution in [0.25, 0.3) is 0 Å². The molecule has 0 aliphatic heterocycles. The average Bonchev–Trinajstić information content (AvgIpc) is 2.25. The van der Waals surface area contributed by atoms with Crippen LogP contribution >= 0.6 is 0 Å². The molecule has 14 heavy (non-hydrogen) atoms.